The fraction of sp³-hybridized carbons (Fsp3) is 0.462. The van der Waals surface area contributed by atoms with Crippen LogP contribution in [0.3, 0.4) is 0 Å². The lowest BCUT2D eigenvalue weighted by Crippen LogP contribution is -2.10. The Kier molecular flexibility index (Phi) is 4.17. The summed E-state index contributed by atoms with van der Waals surface area (Å²) in [6.45, 7) is 3.82. The third-order valence-corrected chi connectivity index (χ3v) is 2.86. The van der Waals surface area contributed by atoms with Gasteiger partial charge in [-0.15, -0.1) is 0 Å². The quantitative estimate of drug-likeness (QED) is 0.596. The van der Waals surface area contributed by atoms with Gasteiger partial charge in [-0.1, -0.05) is 6.92 Å². The van der Waals surface area contributed by atoms with Gasteiger partial charge in [-0.2, -0.15) is 0 Å². The summed E-state index contributed by atoms with van der Waals surface area (Å²) in [5.74, 6) is 1.03. The lowest BCUT2D eigenvalue weighted by atomic mass is 10.3. The Labute approximate surface area is 106 Å². The van der Waals surface area contributed by atoms with Crippen molar-refractivity contribution in [3.05, 3.63) is 24.0 Å². The van der Waals surface area contributed by atoms with E-state index in [0.717, 1.165) is 35.5 Å². The molecule has 0 bridgehead atoms. The number of hydrogen-bond donors (Lipinski definition) is 2. The van der Waals surface area contributed by atoms with Crippen LogP contribution in [-0.4, -0.2) is 34.5 Å². The number of aliphatic hydroxyl groups is 1. The van der Waals surface area contributed by atoms with Gasteiger partial charge in [-0.3, -0.25) is 0 Å². The first kappa shape index (κ1) is 12.9. The van der Waals surface area contributed by atoms with E-state index in [9.17, 15) is 0 Å². The maximum atomic E-state index is 8.67. The second-order valence-electron chi connectivity index (χ2n) is 4.12. The molecule has 5 nitrogen and oxygen atoms in total. The number of benzene rings is 1. The van der Waals surface area contributed by atoms with E-state index in [-0.39, 0.29) is 6.61 Å². The Morgan fingerprint density at radius 1 is 1.39 bits per heavy atom. The number of nitrogens with two attached hydrogens (primary N) is 1. The molecule has 2 aromatic rings. The van der Waals surface area contributed by atoms with Gasteiger partial charge in [-0.05, 0) is 18.2 Å². The molecule has 0 aliphatic rings. The molecular formula is C13H19N3O2. The average Bonchev–Trinajstić information content (AvgIpc) is 2.71. The third-order valence-electron chi connectivity index (χ3n) is 2.86. The molecule has 18 heavy (non-hydrogen) atoms. The molecule has 2 rings (SSSR count). The molecule has 5 heteroatoms. The number of aryl methyl sites for hydroxylation is 1. The predicted octanol–water partition coefficient (Wildman–Crippen LogP) is 1.19. The van der Waals surface area contributed by atoms with Crippen LogP contribution < -0.4 is 5.73 Å². The van der Waals surface area contributed by atoms with Crippen LogP contribution >= 0.6 is 0 Å². The van der Waals surface area contributed by atoms with Crippen LogP contribution in [0.15, 0.2) is 18.2 Å². The second kappa shape index (κ2) is 5.84. The maximum absolute atomic E-state index is 8.67. The van der Waals surface area contributed by atoms with Crippen molar-refractivity contribution in [1.29, 1.82) is 0 Å². The zero-order valence-corrected chi connectivity index (χ0v) is 10.6. The average molecular weight is 249 g/mol. The molecule has 0 spiro atoms. The Balaban J connectivity index is 2.23. The molecule has 98 valence electrons. The van der Waals surface area contributed by atoms with Gasteiger partial charge in [0.05, 0.1) is 30.9 Å². The number of rotatable bonds is 6. The largest absolute Gasteiger partial charge is 0.399 e. The van der Waals surface area contributed by atoms with Gasteiger partial charge in [0.2, 0.25) is 0 Å². The molecule has 0 saturated heterocycles. The molecule has 3 N–H and O–H groups in total. The summed E-state index contributed by atoms with van der Waals surface area (Å²) in [4.78, 5) is 4.57. The normalized spacial score (nSPS) is 11.2. The van der Waals surface area contributed by atoms with Crippen LogP contribution in [0.2, 0.25) is 0 Å². The summed E-state index contributed by atoms with van der Waals surface area (Å²) in [5, 5.41) is 8.67. The fourth-order valence-corrected chi connectivity index (χ4v) is 2.04. The Hall–Kier alpha value is -1.59. The number of nitrogens with zero attached hydrogens (tertiary/aromatic N) is 2. The van der Waals surface area contributed by atoms with Crippen LogP contribution in [0, 0.1) is 0 Å². The summed E-state index contributed by atoms with van der Waals surface area (Å²) >= 11 is 0. The molecule has 0 atom stereocenters. The van der Waals surface area contributed by atoms with Gasteiger partial charge in [-0.25, -0.2) is 4.98 Å². The van der Waals surface area contributed by atoms with Gasteiger partial charge in [0.25, 0.3) is 0 Å². The molecule has 0 amide bonds. The van der Waals surface area contributed by atoms with Crippen LogP contribution in [0.1, 0.15) is 12.7 Å². The lowest BCUT2D eigenvalue weighted by Gasteiger charge is -2.08. The molecule has 0 saturated carbocycles. The molecule has 0 radical (unpaired) electrons. The van der Waals surface area contributed by atoms with Crippen molar-refractivity contribution in [2.24, 2.45) is 0 Å². The van der Waals surface area contributed by atoms with Gasteiger partial charge >= 0.3 is 0 Å². The first-order chi connectivity index (χ1) is 8.76. The van der Waals surface area contributed by atoms with E-state index in [4.69, 9.17) is 15.6 Å². The highest BCUT2D eigenvalue weighted by Gasteiger charge is 2.09. The van der Waals surface area contributed by atoms with Crippen LogP contribution in [0.5, 0.6) is 0 Å². The van der Waals surface area contributed by atoms with Crippen molar-refractivity contribution in [2.75, 3.05) is 25.6 Å². The van der Waals surface area contributed by atoms with Gasteiger partial charge in [0.1, 0.15) is 5.82 Å². The maximum Gasteiger partial charge on any atom is 0.109 e. The molecule has 0 aliphatic carbocycles. The van der Waals surface area contributed by atoms with Crippen molar-refractivity contribution in [3.63, 3.8) is 0 Å². The van der Waals surface area contributed by atoms with E-state index in [1.54, 1.807) is 0 Å². The molecular weight excluding hydrogens is 230 g/mol. The second-order valence-corrected chi connectivity index (χ2v) is 4.12. The molecule has 1 aromatic carbocycles. The summed E-state index contributed by atoms with van der Waals surface area (Å²) < 4.78 is 7.45. The Morgan fingerprint density at radius 3 is 2.94 bits per heavy atom. The van der Waals surface area contributed by atoms with Crippen molar-refractivity contribution < 1.29 is 9.84 Å². The highest BCUT2D eigenvalue weighted by Crippen LogP contribution is 2.19. The van der Waals surface area contributed by atoms with Crippen molar-refractivity contribution in [2.45, 2.75) is 19.9 Å². The van der Waals surface area contributed by atoms with Crippen molar-refractivity contribution in [1.82, 2.24) is 9.55 Å². The standard InChI is InChI=1S/C13H19N3O2/c1-2-13-15-11-9-10(14)3-4-12(11)16(13)5-7-18-8-6-17/h3-4,9,17H,2,5-8,14H2,1H3. The monoisotopic (exact) mass is 249 g/mol. The van der Waals surface area contributed by atoms with E-state index in [0.29, 0.717) is 13.2 Å². The molecule has 0 fully saturated rings. The topological polar surface area (TPSA) is 73.3 Å². The number of imidazole rings is 1. The van der Waals surface area contributed by atoms with E-state index in [1.807, 2.05) is 18.2 Å². The summed E-state index contributed by atoms with van der Waals surface area (Å²) in [6, 6.07) is 5.76. The number of nitrogen functional groups attached to an aromatic ring is 1. The molecule has 0 aliphatic heterocycles. The smallest absolute Gasteiger partial charge is 0.109 e. The molecule has 1 heterocycles. The number of anilines is 1. The first-order valence-electron chi connectivity index (χ1n) is 6.19. The Bertz CT molecular complexity index is 522. The number of aromatic nitrogens is 2. The zero-order chi connectivity index (χ0) is 13.0. The zero-order valence-electron chi connectivity index (χ0n) is 10.6. The summed E-state index contributed by atoms with van der Waals surface area (Å²) in [6.07, 6.45) is 0.870. The number of aliphatic hydroxyl groups excluding tert-OH is 1. The minimum Gasteiger partial charge on any atom is -0.399 e. The minimum absolute atomic E-state index is 0.0574. The van der Waals surface area contributed by atoms with E-state index in [1.165, 1.54) is 0 Å². The Morgan fingerprint density at radius 2 is 2.22 bits per heavy atom. The molecule has 0 unspecified atom stereocenters. The van der Waals surface area contributed by atoms with E-state index >= 15 is 0 Å². The van der Waals surface area contributed by atoms with Crippen molar-refractivity contribution >= 4 is 16.7 Å². The van der Waals surface area contributed by atoms with Crippen LogP contribution in [-0.2, 0) is 17.7 Å². The minimum atomic E-state index is 0.0574. The number of fused-ring (bicyclic) bond motifs is 1. The fourth-order valence-electron chi connectivity index (χ4n) is 2.04. The van der Waals surface area contributed by atoms with Crippen molar-refractivity contribution in [3.8, 4) is 0 Å². The summed E-state index contributed by atoms with van der Waals surface area (Å²) in [7, 11) is 0. The van der Waals surface area contributed by atoms with Crippen LogP contribution in [0.4, 0.5) is 5.69 Å². The van der Waals surface area contributed by atoms with Gasteiger partial charge < -0.3 is 20.1 Å². The first-order valence-corrected chi connectivity index (χ1v) is 6.19. The third kappa shape index (κ3) is 2.63. The van der Waals surface area contributed by atoms with Gasteiger partial charge in [0, 0.05) is 18.7 Å². The summed E-state index contributed by atoms with van der Waals surface area (Å²) in [5.41, 5.74) is 8.49. The number of ether oxygens (including phenoxy) is 1. The lowest BCUT2D eigenvalue weighted by molar-refractivity contribution is 0.0871. The highest BCUT2D eigenvalue weighted by atomic mass is 16.5. The number of hydrogen-bond acceptors (Lipinski definition) is 4. The molecule has 1 aromatic heterocycles. The van der Waals surface area contributed by atoms with E-state index < -0.39 is 0 Å². The van der Waals surface area contributed by atoms with Crippen LogP contribution in [0.25, 0.3) is 11.0 Å². The van der Waals surface area contributed by atoms with E-state index in [2.05, 4.69) is 16.5 Å². The highest BCUT2D eigenvalue weighted by molar-refractivity contribution is 5.79. The van der Waals surface area contributed by atoms with Gasteiger partial charge in [0.15, 0.2) is 0 Å². The SMILES string of the molecule is CCc1nc2cc(N)ccc2n1CCOCCO. The predicted molar refractivity (Wildman–Crippen MR) is 71.4 cm³/mol.